The number of esters is 1. The fourth-order valence-electron chi connectivity index (χ4n) is 4.88. The Hall–Kier alpha value is -3.72. The van der Waals surface area contributed by atoms with Crippen LogP contribution >= 0.6 is 11.3 Å². The lowest BCUT2D eigenvalue weighted by molar-refractivity contribution is -0.672. The molecule has 1 amide bonds. The van der Waals surface area contributed by atoms with Gasteiger partial charge in [0, 0.05) is 34.4 Å². The number of rotatable bonds is 8. The minimum atomic E-state index is -2.21. The van der Waals surface area contributed by atoms with Gasteiger partial charge in [-0.3, -0.25) is 23.5 Å². The Morgan fingerprint density at radius 3 is 2.92 bits per heavy atom. The number of carbonyl (C=O) groups is 4. The number of thiazole rings is 1. The van der Waals surface area contributed by atoms with Crippen molar-refractivity contribution in [3.63, 3.8) is 0 Å². The number of β-lactam (4-membered cyclic amide) rings is 1. The first kappa shape index (κ1) is 25.0. The molecule has 37 heavy (non-hydrogen) atoms. The summed E-state index contributed by atoms with van der Waals surface area (Å²) in [7, 11) is 0.145. The van der Waals surface area contributed by atoms with Crippen molar-refractivity contribution in [2.75, 3.05) is 11.5 Å². The monoisotopic (exact) mass is 548 g/mol. The molecule has 13 nitrogen and oxygen atoms in total. The van der Waals surface area contributed by atoms with E-state index in [0.29, 0.717) is 0 Å². The third-order valence-electron chi connectivity index (χ3n) is 6.51. The van der Waals surface area contributed by atoms with Crippen LogP contribution in [0.3, 0.4) is 0 Å². The zero-order valence-corrected chi connectivity index (χ0v) is 21.1. The molecule has 5 rings (SSSR count). The van der Waals surface area contributed by atoms with E-state index in [9.17, 15) is 28.5 Å². The number of carboxylic acids is 1. The smallest absolute Gasteiger partial charge is 0.370 e. The molecule has 0 saturated carbocycles. The number of oxime groups is 1. The Balaban J connectivity index is 1.37. The van der Waals surface area contributed by atoms with Gasteiger partial charge in [0.15, 0.2) is 29.0 Å². The van der Waals surface area contributed by atoms with E-state index in [-0.39, 0.29) is 35.3 Å². The number of nitrogens with two attached hydrogens (primary N) is 1. The third-order valence-corrected chi connectivity index (χ3v) is 8.99. The summed E-state index contributed by atoms with van der Waals surface area (Å²) >= 11 is 1.09. The third kappa shape index (κ3) is 4.17. The van der Waals surface area contributed by atoms with Gasteiger partial charge in [-0.25, -0.2) is 14.3 Å². The molecule has 5 heterocycles. The Labute approximate surface area is 216 Å². The average Bonchev–Trinajstić information content (AvgIpc) is 3.41. The number of aromatic nitrogens is 2. The Morgan fingerprint density at radius 1 is 1.46 bits per heavy atom. The lowest BCUT2D eigenvalue weighted by Gasteiger charge is -2.56. The van der Waals surface area contributed by atoms with Crippen LogP contribution in [-0.2, 0) is 53.2 Å². The number of hydrogen-bond donors (Lipinski definition) is 2. The predicted molar refractivity (Wildman–Crippen MR) is 127 cm³/mol. The minimum absolute atomic E-state index is 0.0573. The number of pyridine rings is 1. The van der Waals surface area contributed by atoms with Crippen molar-refractivity contribution < 1.29 is 42.6 Å². The molecule has 3 aliphatic heterocycles. The van der Waals surface area contributed by atoms with E-state index < -0.39 is 63.8 Å². The van der Waals surface area contributed by atoms with E-state index in [1.165, 1.54) is 5.38 Å². The van der Waals surface area contributed by atoms with Gasteiger partial charge in [-0.1, -0.05) is 5.16 Å². The number of Topliss-reactive ketones (excluding diaryl/α,β-unsaturated/α-hetero) is 1. The molecule has 3 N–H and O–H groups in total. The number of ether oxygens (including phenoxy) is 1. The Bertz CT molecular complexity index is 1380. The maximum atomic E-state index is 13.3. The maximum absolute atomic E-state index is 13.3. The van der Waals surface area contributed by atoms with E-state index in [4.69, 9.17) is 15.3 Å². The van der Waals surface area contributed by atoms with Crippen LogP contribution in [0.2, 0.25) is 0 Å². The number of aryl methyl sites for hydroxylation is 1. The van der Waals surface area contributed by atoms with Gasteiger partial charge in [0.25, 0.3) is 5.72 Å². The summed E-state index contributed by atoms with van der Waals surface area (Å²) in [6, 6.07) is 3.64. The van der Waals surface area contributed by atoms with Crippen LogP contribution in [-0.4, -0.2) is 65.4 Å². The average molecular weight is 549 g/mol. The number of carboxylic acid groups (broad SMARTS) is 1. The van der Waals surface area contributed by atoms with Crippen molar-refractivity contribution in [1.82, 2.24) is 9.88 Å². The Kier molecular flexibility index (Phi) is 6.27. The molecule has 0 aromatic carbocycles. The SMILES string of the molecule is C[n+]1cccc(CO/N=C(\C(=O)C[C@@H]2C(=O)N3[C@@H]2[S@@](=O)C[C@@H]2CC(=O)O[C@@]23C(=O)O)c2csc(N)n2)c1. The molecule has 0 radical (unpaired) electrons. The number of nitrogen functional groups attached to an aromatic ring is 1. The minimum Gasteiger partial charge on any atom is -0.477 e. The summed E-state index contributed by atoms with van der Waals surface area (Å²) in [5.41, 5.74) is 4.30. The normalized spacial score (nSPS) is 28.7. The molecule has 0 aliphatic carbocycles. The van der Waals surface area contributed by atoms with Crippen LogP contribution < -0.4 is 10.3 Å². The van der Waals surface area contributed by atoms with Crippen LogP contribution in [0.5, 0.6) is 0 Å². The number of aliphatic carboxylic acids is 1. The largest absolute Gasteiger partial charge is 0.477 e. The lowest BCUT2D eigenvalue weighted by Crippen LogP contribution is -2.78. The van der Waals surface area contributed by atoms with E-state index in [1.54, 1.807) is 0 Å². The van der Waals surface area contributed by atoms with E-state index in [1.807, 2.05) is 36.1 Å². The van der Waals surface area contributed by atoms with Gasteiger partial charge in [-0.05, 0) is 6.07 Å². The highest BCUT2D eigenvalue weighted by Gasteiger charge is 2.72. The summed E-state index contributed by atoms with van der Waals surface area (Å²) in [4.78, 5) is 60.8. The molecule has 0 unspecified atom stereocenters. The van der Waals surface area contributed by atoms with Gasteiger partial charge in [-0.15, -0.1) is 11.3 Å². The molecule has 2 aromatic rings. The van der Waals surface area contributed by atoms with Crippen molar-refractivity contribution in [2.45, 2.75) is 30.5 Å². The molecular weight excluding hydrogens is 526 g/mol. The topological polar surface area (TPSA) is 182 Å². The van der Waals surface area contributed by atoms with E-state index in [0.717, 1.165) is 21.8 Å². The first-order valence-electron chi connectivity index (χ1n) is 11.2. The molecule has 3 saturated heterocycles. The predicted octanol–water partition coefficient (Wildman–Crippen LogP) is -0.679. The van der Waals surface area contributed by atoms with Gasteiger partial charge >= 0.3 is 11.9 Å². The first-order valence-corrected chi connectivity index (χ1v) is 13.4. The molecule has 5 atom stereocenters. The number of hydrogen-bond acceptors (Lipinski definition) is 11. The number of amides is 1. The molecule has 3 fully saturated rings. The quantitative estimate of drug-likeness (QED) is 0.141. The van der Waals surface area contributed by atoms with E-state index >= 15 is 0 Å². The summed E-state index contributed by atoms with van der Waals surface area (Å²) in [5.74, 6) is -5.80. The van der Waals surface area contributed by atoms with Crippen molar-refractivity contribution in [3.8, 4) is 0 Å². The van der Waals surface area contributed by atoms with Gasteiger partial charge < -0.3 is 20.4 Å². The van der Waals surface area contributed by atoms with Crippen molar-refractivity contribution in [3.05, 3.63) is 41.2 Å². The maximum Gasteiger partial charge on any atom is 0.370 e. The van der Waals surface area contributed by atoms with Crippen LogP contribution in [0, 0.1) is 11.8 Å². The Morgan fingerprint density at radius 2 is 2.24 bits per heavy atom. The second-order valence-corrected chi connectivity index (χ2v) is 11.4. The highest BCUT2D eigenvalue weighted by Crippen LogP contribution is 2.50. The number of fused-ring (bicyclic) bond motifs is 3. The molecular formula is C22H22N5O8S2+. The summed E-state index contributed by atoms with van der Waals surface area (Å²) in [6.45, 7) is 0.0573. The number of ketones is 1. The first-order chi connectivity index (χ1) is 17.6. The molecule has 3 aliphatic rings. The zero-order valence-electron chi connectivity index (χ0n) is 19.4. The van der Waals surface area contributed by atoms with Crippen molar-refractivity contribution in [1.29, 1.82) is 0 Å². The highest BCUT2D eigenvalue weighted by atomic mass is 32.2. The molecule has 0 bridgehead atoms. The summed E-state index contributed by atoms with van der Waals surface area (Å²) in [6.07, 6.45) is 2.99. The van der Waals surface area contributed by atoms with Gasteiger partial charge in [0.05, 0.1) is 23.8 Å². The van der Waals surface area contributed by atoms with Crippen molar-refractivity contribution in [2.24, 2.45) is 24.0 Å². The number of carbonyl (C=O) groups excluding carboxylic acids is 3. The van der Waals surface area contributed by atoms with Crippen LogP contribution in [0.15, 0.2) is 35.1 Å². The number of anilines is 1. The second kappa shape index (κ2) is 9.30. The summed E-state index contributed by atoms with van der Waals surface area (Å²) < 4.78 is 19.9. The van der Waals surface area contributed by atoms with Crippen LogP contribution in [0.25, 0.3) is 0 Å². The highest BCUT2D eigenvalue weighted by molar-refractivity contribution is 7.85. The fraction of sp³-hybridized carbons (Fsp3) is 0.409. The zero-order chi connectivity index (χ0) is 26.5. The van der Waals surface area contributed by atoms with E-state index in [2.05, 4.69) is 10.1 Å². The molecule has 194 valence electrons. The van der Waals surface area contributed by atoms with Gasteiger partial charge in [-0.2, -0.15) is 0 Å². The van der Waals surface area contributed by atoms with Crippen molar-refractivity contribution >= 4 is 56.6 Å². The van der Waals surface area contributed by atoms with Gasteiger partial charge in [0.1, 0.15) is 24.7 Å². The summed E-state index contributed by atoms with van der Waals surface area (Å²) in [5, 5.41) is 14.5. The second-order valence-electron chi connectivity index (χ2n) is 8.92. The van der Waals surface area contributed by atoms with Crippen LogP contribution in [0.4, 0.5) is 5.13 Å². The standard InChI is InChI=1S/C22H21N5O8S2/c1-26-4-2-3-11(7-26)8-34-25-17(14-9-36-21(23)24-14)15(28)6-13-18(30)27-19(13)37(33)10-12-5-16(29)35-22(12,27)20(31)32/h2-4,7,9,12-13,19H,5-6,8,10H2,1H3,(H2-,23,24,31,32)/p+1/b25-17-/t12-,13+,19+,22+,37-/m0/s1. The van der Waals surface area contributed by atoms with Crippen LogP contribution in [0.1, 0.15) is 24.1 Å². The fourth-order valence-corrected chi connectivity index (χ4v) is 7.44. The van der Waals surface area contributed by atoms with Gasteiger partial charge in [0.2, 0.25) is 5.91 Å². The molecule has 0 spiro atoms. The lowest BCUT2D eigenvalue weighted by atomic mass is 9.84. The number of nitrogens with zero attached hydrogens (tertiary/aromatic N) is 4. The molecule has 2 aromatic heterocycles. The molecule has 15 heteroatoms.